The lowest BCUT2D eigenvalue weighted by atomic mass is 9.85. The van der Waals surface area contributed by atoms with Gasteiger partial charge in [-0.3, -0.25) is 9.59 Å². The Hall–Kier alpha value is -3.08. The van der Waals surface area contributed by atoms with Gasteiger partial charge < -0.3 is 15.7 Å². The number of carbonyl (C=O) groups excluding carboxylic acids is 1. The summed E-state index contributed by atoms with van der Waals surface area (Å²) < 4.78 is 0. The lowest BCUT2D eigenvalue weighted by Gasteiger charge is -2.20. The van der Waals surface area contributed by atoms with Gasteiger partial charge in [-0.05, 0) is 113 Å². The second-order valence-corrected chi connectivity index (χ2v) is 8.53. The topological polar surface area (TPSA) is 78.4 Å². The summed E-state index contributed by atoms with van der Waals surface area (Å²) in [6.07, 6.45) is 1.86. The van der Waals surface area contributed by atoms with E-state index in [2.05, 4.69) is 76.4 Å². The number of carbonyl (C=O) groups is 2. The molecule has 0 saturated heterocycles. The molecule has 5 heteroatoms. The summed E-state index contributed by atoms with van der Waals surface area (Å²) in [6.45, 7) is 15.7. The fourth-order valence-electron chi connectivity index (χ4n) is 3.71. The van der Waals surface area contributed by atoms with Gasteiger partial charge in [0.15, 0.2) is 0 Å². The Labute approximate surface area is 185 Å². The van der Waals surface area contributed by atoms with Crippen LogP contribution in [0.25, 0.3) is 17.2 Å². The number of hydrogen-bond donors (Lipinski definition) is 3. The molecule has 0 unspecified atom stereocenters. The molecule has 0 bridgehead atoms. The van der Waals surface area contributed by atoms with Crippen LogP contribution in [-0.2, 0) is 9.59 Å². The number of carboxylic acids is 1. The largest absolute Gasteiger partial charge is 0.480 e. The van der Waals surface area contributed by atoms with E-state index in [4.69, 9.17) is 5.11 Å². The van der Waals surface area contributed by atoms with Crippen molar-refractivity contribution in [3.05, 3.63) is 57.7 Å². The standard InChI is InChI=1S/C26H34N2O3/c1-14(2)27-22-11-9-21(10-12-22)24-18(6)16(4)23(17(5)19(24)7)13-15(3)25(29)28-20(8)26(30)31/h9-14,20,27H,1-8H3,(H,28,29)(H,30,31)/t20-/m1/s1. The molecule has 0 spiro atoms. The first-order chi connectivity index (χ1) is 14.4. The highest BCUT2D eigenvalue weighted by molar-refractivity contribution is 5.99. The molecule has 1 amide bonds. The van der Waals surface area contributed by atoms with Crippen LogP contribution in [-0.4, -0.2) is 29.1 Å². The molecule has 0 radical (unpaired) electrons. The smallest absolute Gasteiger partial charge is 0.325 e. The lowest BCUT2D eigenvalue weighted by molar-refractivity contribution is -0.140. The molecule has 0 fully saturated rings. The zero-order chi connectivity index (χ0) is 23.5. The average molecular weight is 423 g/mol. The molecule has 0 saturated carbocycles. The molecule has 31 heavy (non-hydrogen) atoms. The summed E-state index contributed by atoms with van der Waals surface area (Å²) >= 11 is 0. The number of aliphatic carboxylic acids is 1. The molecule has 5 nitrogen and oxygen atoms in total. The molecular weight excluding hydrogens is 388 g/mol. The summed E-state index contributed by atoms with van der Waals surface area (Å²) in [6, 6.07) is 7.93. The molecule has 2 aromatic rings. The van der Waals surface area contributed by atoms with Crippen molar-refractivity contribution >= 4 is 23.6 Å². The maximum Gasteiger partial charge on any atom is 0.325 e. The van der Waals surface area contributed by atoms with E-state index in [1.165, 1.54) is 23.6 Å². The van der Waals surface area contributed by atoms with Crippen LogP contribution in [0.5, 0.6) is 0 Å². The Morgan fingerprint density at radius 2 is 1.42 bits per heavy atom. The van der Waals surface area contributed by atoms with Crippen molar-refractivity contribution in [2.24, 2.45) is 0 Å². The average Bonchev–Trinajstić information content (AvgIpc) is 2.70. The fourth-order valence-corrected chi connectivity index (χ4v) is 3.71. The number of hydrogen-bond acceptors (Lipinski definition) is 3. The van der Waals surface area contributed by atoms with E-state index in [-0.39, 0.29) is 5.91 Å². The minimum atomic E-state index is -1.06. The quantitative estimate of drug-likeness (QED) is 0.522. The molecule has 0 aliphatic heterocycles. The summed E-state index contributed by atoms with van der Waals surface area (Å²) in [4.78, 5) is 23.4. The van der Waals surface area contributed by atoms with Gasteiger partial charge in [-0.15, -0.1) is 0 Å². The van der Waals surface area contributed by atoms with Gasteiger partial charge in [0.2, 0.25) is 5.91 Å². The summed E-state index contributed by atoms with van der Waals surface area (Å²) in [7, 11) is 0. The number of anilines is 1. The maximum absolute atomic E-state index is 12.4. The van der Waals surface area contributed by atoms with Gasteiger partial charge in [0.05, 0.1) is 0 Å². The van der Waals surface area contributed by atoms with Crippen LogP contribution in [0.4, 0.5) is 5.69 Å². The van der Waals surface area contributed by atoms with E-state index in [1.54, 1.807) is 6.92 Å². The van der Waals surface area contributed by atoms with Crippen molar-refractivity contribution in [2.45, 2.75) is 67.5 Å². The zero-order valence-electron chi connectivity index (χ0n) is 19.8. The number of nitrogens with one attached hydrogen (secondary N) is 2. The van der Waals surface area contributed by atoms with Gasteiger partial charge in [-0.1, -0.05) is 12.1 Å². The Kier molecular flexibility index (Phi) is 7.66. The van der Waals surface area contributed by atoms with Gasteiger partial charge >= 0.3 is 5.97 Å². The number of benzene rings is 2. The van der Waals surface area contributed by atoms with Crippen LogP contribution >= 0.6 is 0 Å². The van der Waals surface area contributed by atoms with Crippen molar-refractivity contribution in [1.82, 2.24) is 5.32 Å². The van der Waals surface area contributed by atoms with Crippen LogP contribution in [0, 0.1) is 27.7 Å². The van der Waals surface area contributed by atoms with E-state index >= 15 is 0 Å². The third-order valence-corrected chi connectivity index (χ3v) is 5.75. The van der Waals surface area contributed by atoms with E-state index in [9.17, 15) is 9.59 Å². The molecule has 0 heterocycles. The Morgan fingerprint density at radius 3 is 1.87 bits per heavy atom. The van der Waals surface area contributed by atoms with Crippen LogP contribution in [0.1, 0.15) is 55.5 Å². The second-order valence-electron chi connectivity index (χ2n) is 8.53. The maximum atomic E-state index is 12.4. The van der Waals surface area contributed by atoms with Crippen LogP contribution in [0.3, 0.4) is 0 Å². The Balaban J connectivity index is 2.46. The Morgan fingerprint density at radius 1 is 0.903 bits per heavy atom. The van der Waals surface area contributed by atoms with Crippen LogP contribution in [0.15, 0.2) is 29.8 Å². The minimum absolute atomic E-state index is 0.374. The first-order valence-electron chi connectivity index (χ1n) is 10.6. The third kappa shape index (κ3) is 5.54. The molecule has 2 rings (SSSR count). The van der Waals surface area contributed by atoms with Gasteiger partial charge in [-0.2, -0.15) is 0 Å². The molecule has 1 atom stereocenters. The van der Waals surface area contributed by atoms with Gasteiger partial charge in [-0.25, -0.2) is 0 Å². The monoisotopic (exact) mass is 422 g/mol. The molecule has 0 aliphatic carbocycles. The van der Waals surface area contributed by atoms with Gasteiger partial charge in [0.1, 0.15) is 6.04 Å². The lowest BCUT2D eigenvalue weighted by Crippen LogP contribution is -2.38. The van der Waals surface area contributed by atoms with E-state index < -0.39 is 12.0 Å². The number of rotatable bonds is 7. The summed E-state index contributed by atoms with van der Waals surface area (Å²) in [5, 5.41) is 14.9. The predicted octanol–water partition coefficient (Wildman–Crippen LogP) is 5.40. The van der Waals surface area contributed by atoms with Gasteiger partial charge in [0.25, 0.3) is 0 Å². The Bertz CT molecular complexity index is 989. The van der Waals surface area contributed by atoms with Crippen LogP contribution in [0.2, 0.25) is 0 Å². The van der Waals surface area contributed by atoms with Crippen LogP contribution < -0.4 is 10.6 Å². The fraction of sp³-hybridized carbons (Fsp3) is 0.385. The van der Waals surface area contributed by atoms with Crippen molar-refractivity contribution in [1.29, 1.82) is 0 Å². The highest BCUT2D eigenvalue weighted by Crippen LogP contribution is 2.35. The number of carboxylic acid groups (broad SMARTS) is 1. The first-order valence-corrected chi connectivity index (χ1v) is 10.6. The highest BCUT2D eigenvalue weighted by Gasteiger charge is 2.18. The van der Waals surface area contributed by atoms with E-state index in [0.717, 1.165) is 27.9 Å². The molecule has 166 valence electrons. The minimum Gasteiger partial charge on any atom is -0.480 e. The van der Waals surface area contributed by atoms with Crippen molar-refractivity contribution in [3.63, 3.8) is 0 Å². The molecule has 0 aromatic heterocycles. The summed E-state index contributed by atoms with van der Waals surface area (Å²) in [5.74, 6) is -1.43. The molecule has 3 N–H and O–H groups in total. The molecule has 0 aliphatic rings. The second kappa shape index (κ2) is 9.82. The SMILES string of the molecule is CC(=Cc1c(C)c(C)c(-c2ccc(NC(C)C)cc2)c(C)c1C)C(=O)N[C@H](C)C(=O)O. The molecule has 2 aromatic carbocycles. The summed E-state index contributed by atoms with van der Waals surface area (Å²) in [5.41, 5.74) is 9.53. The van der Waals surface area contributed by atoms with E-state index in [1.807, 2.05) is 6.08 Å². The number of amides is 1. The van der Waals surface area contributed by atoms with Gasteiger partial charge in [0, 0.05) is 17.3 Å². The van der Waals surface area contributed by atoms with Crippen molar-refractivity contribution < 1.29 is 14.7 Å². The first kappa shape index (κ1) is 24.2. The molecular formula is C26H34N2O3. The van der Waals surface area contributed by atoms with Crippen molar-refractivity contribution in [3.8, 4) is 11.1 Å². The zero-order valence-corrected chi connectivity index (χ0v) is 19.8. The third-order valence-electron chi connectivity index (χ3n) is 5.75. The highest BCUT2D eigenvalue weighted by atomic mass is 16.4. The van der Waals surface area contributed by atoms with E-state index in [0.29, 0.717) is 11.6 Å². The van der Waals surface area contributed by atoms with Crippen molar-refractivity contribution in [2.75, 3.05) is 5.32 Å². The predicted molar refractivity (Wildman–Crippen MR) is 128 cm³/mol. The normalized spacial score (nSPS) is 12.6.